The number of fused-ring (bicyclic) bond motifs is 4. The summed E-state index contributed by atoms with van der Waals surface area (Å²) in [5, 5.41) is 5.90. The zero-order valence-corrected chi connectivity index (χ0v) is 80.3. The van der Waals surface area contributed by atoms with Crippen molar-refractivity contribution >= 4 is 32.4 Å². The predicted octanol–water partition coefficient (Wildman–Crippen LogP) is 32.6. The molecule has 0 unspecified atom stereocenters. The fourth-order valence-electron chi connectivity index (χ4n) is 18.2. The Hall–Kier alpha value is -18.0. The first-order valence-corrected chi connectivity index (χ1v) is 48.3. The number of aromatic nitrogens is 12. The van der Waals surface area contributed by atoms with Crippen LogP contribution in [0.5, 0.6) is 0 Å². The van der Waals surface area contributed by atoms with E-state index in [9.17, 15) is 0 Å². The third-order valence-corrected chi connectivity index (χ3v) is 26.0. The van der Waals surface area contributed by atoms with Crippen LogP contribution in [0.1, 0.15) is 58.6 Å². The summed E-state index contributed by atoms with van der Waals surface area (Å²) in [4.78, 5) is 59.5. The number of nitrogens with zero attached hydrogens (tertiary/aromatic N) is 12. The molecule has 0 radical (unpaired) electrons. The molecule has 0 spiro atoms. The molecule has 0 aliphatic carbocycles. The van der Waals surface area contributed by atoms with Crippen LogP contribution >= 0.6 is 0 Å². The van der Waals surface area contributed by atoms with Crippen molar-refractivity contribution in [3.8, 4) is 192 Å². The van der Waals surface area contributed by atoms with Gasteiger partial charge in [0.1, 0.15) is 0 Å². The van der Waals surface area contributed by atoms with Gasteiger partial charge in [-0.05, 0) is 233 Å². The second kappa shape index (κ2) is 40.7. The second-order valence-corrected chi connectivity index (χ2v) is 36.2. The van der Waals surface area contributed by atoms with Crippen LogP contribution in [0.2, 0.25) is 0 Å². The van der Waals surface area contributed by atoms with Crippen LogP contribution in [0, 0.1) is 41.5 Å². The molecule has 23 rings (SSSR count). The molecular formula is C130H100N12. The Bertz CT molecular complexity index is 8280. The summed E-state index contributed by atoms with van der Waals surface area (Å²) in [5.74, 6) is 4.49. The molecule has 0 amide bonds. The van der Waals surface area contributed by atoms with Crippen molar-refractivity contribution in [3.63, 3.8) is 0 Å². The van der Waals surface area contributed by atoms with Crippen LogP contribution in [-0.4, -0.2) is 59.8 Å². The smallest absolute Gasteiger partial charge is 0.164 e. The molecule has 16 aromatic carbocycles. The zero-order chi connectivity index (χ0) is 96.5. The van der Waals surface area contributed by atoms with Gasteiger partial charge in [-0.1, -0.05) is 370 Å². The molecule has 0 saturated heterocycles. The average molecular weight is 1830 g/mol. The van der Waals surface area contributed by atoms with E-state index in [4.69, 9.17) is 49.8 Å². The predicted molar refractivity (Wildman–Crippen MR) is 585 cm³/mol. The van der Waals surface area contributed by atoms with Gasteiger partial charge in [0.2, 0.25) is 0 Å². The van der Waals surface area contributed by atoms with E-state index in [1.807, 2.05) is 63.5 Å². The molecule has 0 atom stereocenters. The maximum absolute atomic E-state index is 5.23. The highest BCUT2D eigenvalue weighted by atomic mass is 15.0. The molecule has 12 heteroatoms. The molecule has 7 aromatic heterocycles. The van der Waals surface area contributed by atoms with Gasteiger partial charge in [-0.15, -0.1) is 0 Å². The highest BCUT2D eigenvalue weighted by Gasteiger charge is 2.22. The lowest BCUT2D eigenvalue weighted by molar-refractivity contribution is 1.07. The Balaban J connectivity index is 0.000000126. The highest BCUT2D eigenvalue weighted by Crippen LogP contribution is 2.42. The average Bonchev–Trinajstić information content (AvgIpc) is 0.743. The van der Waals surface area contributed by atoms with E-state index in [0.29, 0.717) is 40.8 Å². The normalized spacial score (nSPS) is 11.2. The molecule has 7 heterocycles. The van der Waals surface area contributed by atoms with Crippen LogP contribution in [0.4, 0.5) is 0 Å². The summed E-state index contributed by atoms with van der Waals surface area (Å²) in [5.41, 5.74) is 38.1. The summed E-state index contributed by atoms with van der Waals surface area (Å²) in [7, 11) is 0. The van der Waals surface area contributed by atoms with Crippen LogP contribution in [0.3, 0.4) is 0 Å². The van der Waals surface area contributed by atoms with Crippen LogP contribution in [0.25, 0.3) is 224 Å². The minimum Gasteiger partial charge on any atom is -0.256 e. The number of pyridine rings is 4. The van der Waals surface area contributed by atoms with Crippen molar-refractivity contribution in [2.24, 2.45) is 0 Å². The van der Waals surface area contributed by atoms with E-state index in [-0.39, 0.29) is 0 Å². The highest BCUT2D eigenvalue weighted by molar-refractivity contribution is 6.14. The lowest BCUT2D eigenvalue weighted by Gasteiger charge is -2.15. The SMILES string of the molecule is CCc1ccc(-c2ccc(-c3nc(-c4ccc(-c5ccc(CC)cc5)cc4)nc(-c4ccc(-c5ccc(C)cn5)cc4)n3)cc2)cc1.Cc1ccc(-c2nc(-c3cc(-c4cccc(C)n4)cc(-c4cccc(C)n4)c3)cc(-c3cc4ccccc4c4ccccc34)n2)cc1.Cc1cccc(-c2cccc(-c3nc(-c4ccc(-c5cccc6ncccc56)cc4)nc(-c4cccc(-c5cccc(C)c5)c4)n3)c2)c1. The van der Waals surface area contributed by atoms with Gasteiger partial charge in [-0.25, -0.2) is 39.9 Å². The van der Waals surface area contributed by atoms with Gasteiger partial charge in [0, 0.05) is 95.9 Å². The molecule has 23 aromatic rings. The zero-order valence-electron chi connectivity index (χ0n) is 80.3. The van der Waals surface area contributed by atoms with Gasteiger partial charge in [0.05, 0.1) is 34.0 Å². The van der Waals surface area contributed by atoms with Crippen molar-refractivity contribution < 1.29 is 0 Å². The van der Waals surface area contributed by atoms with Gasteiger partial charge in [-0.3, -0.25) is 19.9 Å². The Morgan fingerprint density at radius 2 is 0.542 bits per heavy atom. The van der Waals surface area contributed by atoms with Gasteiger partial charge in [-0.2, -0.15) is 0 Å². The van der Waals surface area contributed by atoms with Crippen LogP contribution in [0.15, 0.2) is 437 Å². The number of hydrogen-bond donors (Lipinski definition) is 0. The Labute approximate surface area is 828 Å². The fourth-order valence-corrected chi connectivity index (χ4v) is 18.2. The van der Waals surface area contributed by atoms with E-state index in [1.165, 1.54) is 55.1 Å². The number of benzene rings is 16. The summed E-state index contributed by atoms with van der Waals surface area (Å²) in [6.45, 7) is 16.8. The summed E-state index contributed by atoms with van der Waals surface area (Å²) < 4.78 is 0. The Morgan fingerprint density at radius 1 is 0.176 bits per heavy atom. The maximum Gasteiger partial charge on any atom is 0.164 e. The second-order valence-electron chi connectivity index (χ2n) is 36.2. The molecule has 0 N–H and O–H groups in total. The maximum atomic E-state index is 5.23. The summed E-state index contributed by atoms with van der Waals surface area (Å²) >= 11 is 0. The quantitative estimate of drug-likeness (QED) is 0.0708. The Kier molecular flexibility index (Phi) is 26.0. The van der Waals surface area contributed by atoms with Gasteiger partial charge in [0.25, 0.3) is 0 Å². The first-order valence-electron chi connectivity index (χ1n) is 48.3. The molecule has 0 fully saturated rings. The number of hydrogen-bond acceptors (Lipinski definition) is 12. The monoisotopic (exact) mass is 1830 g/mol. The van der Waals surface area contributed by atoms with E-state index in [0.717, 1.165) is 186 Å². The first kappa shape index (κ1) is 90.5. The van der Waals surface area contributed by atoms with Gasteiger partial charge < -0.3 is 0 Å². The molecule has 0 aliphatic heterocycles. The van der Waals surface area contributed by atoms with E-state index >= 15 is 0 Å². The van der Waals surface area contributed by atoms with E-state index < -0.39 is 0 Å². The van der Waals surface area contributed by atoms with Crippen molar-refractivity contribution in [2.75, 3.05) is 0 Å². The lowest BCUT2D eigenvalue weighted by atomic mass is 9.94. The molecule has 680 valence electrons. The summed E-state index contributed by atoms with van der Waals surface area (Å²) in [6.07, 6.45) is 5.79. The van der Waals surface area contributed by atoms with E-state index in [2.05, 4.69) is 439 Å². The van der Waals surface area contributed by atoms with Crippen molar-refractivity contribution in [1.82, 2.24) is 59.8 Å². The fraction of sp³-hybridized carbons (Fsp3) is 0.0769. The molecule has 0 bridgehead atoms. The largest absolute Gasteiger partial charge is 0.256 e. The summed E-state index contributed by atoms with van der Waals surface area (Å²) in [6, 6.07) is 148. The minimum absolute atomic E-state index is 0.628. The third kappa shape index (κ3) is 20.2. The van der Waals surface area contributed by atoms with Gasteiger partial charge in [0.15, 0.2) is 40.8 Å². The lowest BCUT2D eigenvalue weighted by Crippen LogP contribution is -2.00. The third-order valence-electron chi connectivity index (χ3n) is 26.0. The van der Waals surface area contributed by atoms with Crippen LogP contribution in [-0.2, 0) is 12.8 Å². The van der Waals surface area contributed by atoms with Crippen molar-refractivity contribution in [3.05, 3.63) is 482 Å². The number of rotatable bonds is 19. The standard InChI is InChI=1S/C44H32N4.C43H32N4.C43H36N4/c1-29-9-3-11-33(25-29)35-13-5-15-37(27-35)43-46-42(32-22-20-31(21-23-32)39-17-7-19-41-40(39)18-8-24-45-41)47-44(48-43)38-16-6-14-36(28-38)34-12-4-10-30(2)26-34;1-27-18-20-30(21-19-27)43-46-41(26-42(47-43)38-25-31-12-4-5-13-35(31)36-14-6-7-15-37(36)38)34-23-32(39-16-8-10-28(2)44-39)22-33(24-34)40-17-9-11-29(3)45-40;1-4-30-7-11-32(12-8-30)34-15-21-37(22-16-34)41-45-42(38-23-17-35(18-24-38)33-13-9-31(5-2)10-14-33)47-43(46-41)39-25-19-36(20-26-39)40-27-6-29(3)28-44-40/h3-28H,1-2H3;4-26H,1-3H3;6-28H,4-5H2,1-3H3. The molecular weight excluding hydrogens is 1730 g/mol. The molecule has 0 aliphatic rings. The molecule has 142 heavy (non-hydrogen) atoms. The van der Waals surface area contributed by atoms with E-state index in [1.54, 1.807) is 0 Å². The van der Waals surface area contributed by atoms with Crippen molar-refractivity contribution in [2.45, 2.75) is 68.2 Å². The topological polar surface area (TPSA) is 155 Å². The minimum atomic E-state index is 0.628. The molecule has 0 saturated carbocycles. The first-order chi connectivity index (χ1) is 69.6. The van der Waals surface area contributed by atoms with Gasteiger partial charge >= 0.3 is 0 Å². The number of aryl methyl sites for hydroxylation is 8. The molecule has 12 nitrogen and oxygen atoms in total. The Morgan fingerprint density at radius 3 is 1.01 bits per heavy atom. The van der Waals surface area contributed by atoms with Crippen molar-refractivity contribution in [1.29, 1.82) is 0 Å². The van der Waals surface area contributed by atoms with Crippen LogP contribution < -0.4 is 0 Å².